The van der Waals surface area contributed by atoms with Gasteiger partial charge in [0.1, 0.15) is 0 Å². The Bertz CT molecular complexity index is 874. The van der Waals surface area contributed by atoms with E-state index >= 15 is 0 Å². The summed E-state index contributed by atoms with van der Waals surface area (Å²) in [6, 6.07) is 11.1. The average Bonchev–Trinajstić information content (AvgIpc) is 2.64. The number of hydrogen-bond donors (Lipinski definition) is 1. The zero-order valence-corrected chi connectivity index (χ0v) is 16.6. The summed E-state index contributed by atoms with van der Waals surface area (Å²) < 4.78 is 0. The Morgan fingerprint density at radius 1 is 0.926 bits per heavy atom. The van der Waals surface area contributed by atoms with Crippen molar-refractivity contribution in [3.05, 3.63) is 74.9 Å². The molecule has 0 saturated heterocycles. The molecule has 7 heteroatoms. The van der Waals surface area contributed by atoms with E-state index in [-0.39, 0.29) is 15.6 Å². The van der Waals surface area contributed by atoms with E-state index < -0.39 is 11.9 Å². The molecule has 0 fully saturated rings. The third kappa shape index (κ3) is 4.64. The zero-order valence-electron chi connectivity index (χ0n) is 14.3. The van der Waals surface area contributed by atoms with Crippen LogP contribution in [0, 0.1) is 0 Å². The summed E-state index contributed by atoms with van der Waals surface area (Å²) in [7, 11) is 0. The van der Waals surface area contributed by atoms with Gasteiger partial charge in [-0.3, -0.25) is 15.0 Å². The molecule has 0 heterocycles. The van der Waals surface area contributed by atoms with E-state index in [2.05, 4.69) is 5.32 Å². The van der Waals surface area contributed by atoms with Crippen molar-refractivity contribution in [2.24, 2.45) is 0 Å². The smallest absolute Gasteiger partial charge is 0.273 e. The number of nitrogens with zero attached hydrogens (tertiary/aromatic N) is 1. The van der Waals surface area contributed by atoms with Gasteiger partial charge in [-0.15, -0.1) is 0 Å². The van der Waals surface area contributed by atoms with Crippen LogP contribution >= 0.6 is 34.8 Å². The maximum atomic E-state index is 13.0. The Balaban J connectivity index is 1.90. The van der Waals surface area contributed by atoms with E-state index in [0.717, 1.165) is 31.4 Å². The number of halogens is 3. The van der Waals surface area contributed by atoms with Gasteiger partial charge in [-0.2, -0.15) is 0 Å². The molecule has 0 aromatic heterocycles. The summed E-state index contributed by atoms with van der Waals surface area (Å²) in [5.41, 5.74) is 1.55. The molecule has 1 N–H and O–H groups in total. The summed E-state index contributed by atoms with van der Waals surface area (Å²) in [6.07, 6.45) is 5.71. The predicted molar refractivity (Wildman–Crippen MR) is 110 cm³/mol. The number of allylic oxidation sites excluding steroid dienone is 2. The minimum atomic E-state index is -0.647. The van der Waals surface area contributed by atoms with Crippen molar-refractivity contribution in [1.82, 2.24) is 5.32 Å². The van der Waals surface area contributed by atoms with Crippen LogP contribution in [0.15, 0.2) is 54.2 Å². The molecule has 0 radical (unpaired) electrons. The molecule has 0 atom stereocenters. The molecule has 3 amide bonds. The van der Waals surface area contributed by atoms with Gasteiger partial charge in [-0.25, -0.2) is 4.79 Å². The van der Waals surface area contributed by atoms with Crippen molar-refractivity contribution >= 4 is 52.4 Å². The first-order valence-corrected chi connectivity index (χ1v) is 9.65. The number of amides is 3. The first-order valence-electron chi connectivity index (χ1n) is 8.51. The third-order valence-electron chi connectivity index (χ3n) is 4.25. The molecule has 1 aliphatic rings. The van der Waals surface area contributed by atoms with E-state index in [9.17, 15) is 9.59 Å². The van der Waals surface area contributed by atoms with E-state index in [0.29, 0.717) is 10.7 Å². The minimum Gasteiger partial charge on any atom is -0.273 e. The number of carbonyl (C=O) groups excluding carboxylic acids is 2. The van der Waals surface area contributed by atoms with Crippen molar-refractivity contribution in [3.8, 4) is 0 Å². The van der Waals surface area contributed by atoms with E-state index in [4.69, 9.17) is 34.8 Å². The van der Waals surface area contributed by atoms with Crippen LogP contribution in [0.4, 0.5) is 10.5 Å². The molecular weight excluding hydrogens is 407 g/mol. The Kier molecular flexibility index (Phi) is 6.42. The van der Waals surface area contributed by atoms with Crippen LogP contribution in [0.25, 0.3) is 0 Å². The lowest BCUT2D eigenvalue weighted by Gasteiger charge is -2.27. The molecule has 0 aliphatic heterocycles. The highest BCUT2D eigenvalue weighted by Gasteiger charge is 2.25. The molecule has 2 aromatic rings. The molecule has 2 aromatic carbocycles. The number of nitrogens with one attached hydrogen (secondary N) is 1. The number of urea groups is 1. The monoisotopic (exact) mass is 422 g/mol. The fraction of sp³-hybridized carbons (Fsp3) is 0.200. The lowest BCUT2D eigenvalue weighted by atomic mass is 10.0. The summed E-state index contributed by atoms with van der Waals surface area (Å²) in [6.45, 7) is 0. The standard InChI is InChI=1S/C20H17Cl3N2O2/c21-13-9-11-15(12-10-13)25(14-5-2-1-3-6-14)20(27)24-19(26)18-16(22)7-4-8-17(18)23/h4-5,7-12H,1-3,6H2,(H,24,26,27). The minimum absolute atomic E-state index is 0.0721. The van der Waals surface area contributed by atoms with Gasteiger partial charge in [0, 0.05) is 10.7 Å². The third-order valence-corrected chi connectivity index (χ3v) is 5.13. The van der Waals surface area contributed by atoms with Crippen LogP contribution < -0.4 is 10.2 Å². The molecule has 0 saturated carbocycles. The Hall–Kier alpha value is -2.01. The van der Waals surface area contributed by atoms with E-state index in [1.54, 1.807) is 42.5 Å². The highest BCUT2D eigenvalue weighted by Crippen LogP contribution is 2.29. The van der Waals surface area contributed by atoms with Crippen molar-refractivity contribution in [2.75, 3.05) is 4.90 Å². The fourth-order valence-electron chi connectivity index (χ4n) is 2.96. The highest BCUT2D eigenvalue weighted by molar-refractivity contribution is 6.40. The fourth-order valence-corrected chi connectivity index (χ4v) is 3.65. The van der Waals surface area contributed by atoms with Crippen LogP contribution in [-0.2, 0) is 0 Å². The van der Waals surface area contributed by atoms with E-state index in [1.807, 2.05) is 6.08 Å². The van der Waals surface area contributed by atoms with Crippen LogP contribution in [0.3, 0.4) is 0 Å². The topological polar surface area (TPSA) is 49.4 Å². The molecule has 140 valence electrons. The van der Waals surface area contributed by atoms with Crippen LogP contribution in [0.5, 0.6) is 0 Å². The summed E-state index contributed by atoms with van der Waals surface area (Å²) in [4.78, 5) is 27.1. The summed E-state index contributed by atoms with van der Waals surface area (Å²) in [5.74, 6) is -0.647. The second-order valence-electron chi connectivity index (χ2n) is 6.11. The molecule has 0 spiro atoms. The average molecular weight is 424 g/mol. The lowest BCUT2D eigenvalue weighted by molar-refractivity contribution is 0.0966. The summed E-state index contributed by atoms with van der Waals surface area (Å²) in [5, 5.41) is 3.33. The Morgan fingerprint density at radius 3 is 2.19 bits per heavy atom. The molecule has 0 unspecified atom stereocenters. The number of anilines is 1. The largest absolute Gasteiger partial charge is 0.333 e. The molecule has 3 rings (SSSR count). The Labute approximate surface area is 172 Å². The molecular formula is C20H17Cl3N2O2. The van der Waals surface area contributed by atoms with Crippen LogP contribution in [0.1, 0.15) is 36.0 Å². The normalized spacial score (nSPS) is 13.7. The number of hydrogen-bond acceptors (Lipinski definition) is 2. The second kappa shape index (κ2) is 8.79. The van der Waals surface area contributed by atoms with Crippen molar-refractivity contribution in [3.63, 3.8) is 0 Å². The molecule has 27 heavy (non-hydrogen) atoms. The van der Waals surface area contributed by atoms with Gasteiger partial charge in [0.2, 0.25) is 0 Å². The van der Waals surface area contributed by atoms with Crippen LogP contribution in [0.2, 0.25) is 15.1 Å². The Morgan fingerprint density at radius 2 is 1.59 bits per heavy atom. The summed E-state index contributed by atoms with van der Waals surface area (Å²) >= 11 is 18.1. The first-order chi connectivity index (χ1) is 13.0. The van der Waals surface area contributed by atoms with Gasteiger partial charge in [0.25, 0.3) is 5.91 Å². The van der Waals surface area contributed by atoms with Crippen molar-refractivity contribution in [1.29, 1.82) is 0 Å². The first kappa shape index (κ1) is 19.7. The van der Waals surface area contributed by atoms with Gasteiger partial charge in [0.05, 0.1) is 21.3 Å². The number of rotatable bonds is 3. The number of benzene rings is 2. The van der Waals surface area contributed by atoms with Gasteiger partial charge in [-0.05, 0) is 62.1 Å². The molecule has 4 nitrogen and oxygen atoms in total. The van der Waals surface area contributed by atoms with Gasteiger partial charge in [0.15, 0.2) is 0 Å². The van der Waals surface area contributed by atoms with Crippen molar-refractivity contribution < 1.29 is 9.59 Å². The number of carbonyl (C=O) groups is 2. The van der Waals surface area contributed by atoms with Crippen LogP contribution in [-0.4, -0.2) is 11.9 Å². The maximum absolute atomic E-state index is 13.0. The second-order valence-corrected chi connectivity index (χ2v) is 7.36. The van der Waals surface area contributed by atoms with E-state index in [1.165, 1.54) is 4.90 Å². The highest BCUT2D eigenvalue weighted by atomic mass is 35.5. The quantitative estimate of drug-likeness (QED) is 0.615. The maximum Gasteiger partial charge on any atom is 0.333 e. The SMILES string of the molecule is O=C(NC(=O)N(C1=CCCCC1)c1ccc(Cl)cc1)c1c(Cl)cccc1Cl. The van der Waals surface area contributed by atoms with Gasteiger partial charge >= 0.3 is 6.03 Å². The van der Waals surface area contributed by atoms with Gasteiger partial charge in [-0.1, -0.05) is 46.9 Å². The van der Waals surface area contributed by atoms with Crippen molar-refractivity contribution in [2.45, 2.75) is 25.7 Å². The number of imide groups is 1. The molecule has 1 aliphatic carbocycles. The predicted octanol–water partition coefficient (Wildman–Crippen LogP) is 6.46. The zero-order chi connectivity index (χ0) is 19.4. The van der Waals surface area contributed by atoms with Gasteiger partial charge < -0.3 is 0 Å². The lowest BCUT2D eigenvalue weighted by Crippen LogP contribution is -2.43. The molecule has 0 bridgehead atoms.